The predicted molar refractivity (Wildman–Crippen MR) is 160 cm³/mol. The number of ether oxygens (including phenoxy) is 2. The molecule has 4 amide bonds. The molecule has 0 aromatic rings. The smallest absolute Gasteiger partial charge is 0.336 e. The molecule has 8 unspecified atom stereocenters. The van der Waals surface area contributed by atoms with Gasteiger partial charge < -0.3 is 50.3 Å². The third-order valence-corrected chi connectivity index (χ3v) is 8.27. The van der Waals surface area contributed by atoms with Crippen LogP contribution in [0.4, 0.5) is 0 Å². The molecule has 0 aromatic heterocycles. The minimum atomic E-state index is -1.23. The molecule has 4 aliphatic heterocycles. The Bertz CT molecular complexity index is 1200. The average molecular weight is 942 g/mol. The van der Waals surface area contributed by atoms with E-state index in [1.165, 1.54) is 9.80 Å². The van der Waals surface area contributed by atoms with Crippen LogP contribution in [0.3, 0.4) is 0 Å². The van der Waals surface area contributed by atoms with E-state index in [0.717, 1.165) is 0 Å². The van der Waals surface area contributed by atoms with Crippen LogP contribution in [0.25, 0.3) is 0 Å². The van der Waals surface area contributed by atoms with E-state index in [9.17, 15) is 48.6 Å². The van der Waals surface area contributed by atoms with Crippen LogP contribution in [-0.4, -0.2) is 139 Å². The van der Waals surface area contributed by atoms with Crippen LogP contribution >= 0.6 is 0 Å². The molecule has 18 nitrogen and oxygen atoms in total. The quantitative estimate of drug-likeness (QED) is 0.113. The van der Waals surface area contributed by atoms with E-state index in [-0.39, 0.29) is 11.8 Å². The summed E-state index contributed by atoms with van der Waals surface area (Å²) in [5.41, 5.74) is 0. The number of carbonyl (C=O) groups is 8. The first-order chi connectivity index (χ1) is 22.4. The largest absolute Gasteiger partial charge is 0.480 e. The van der Waals surface area contributed by atoms with Gasteiger partial charge in [-0.05, 0) is 50.4 Å². The molecule has 0 saturated carbocycles. The van der Waals surface area contributed by atoms with Crippen LogP contribution in [-0.2, 0) is 47.8 Å². The molecule has 4 aliphatic rings. The number of carbonyl (C=O) groups excluding carboxylic acids is 4. The molecule has 0 aromatic carbocycles. The van der Waals surface area contributed by atoms with Gasteiger partial charge in [-0.3, -0.25) is 19.2 Å². The molecule has 0 spiro atoms. The van der Waals surface area contributed by atoms with Crippen molar-refractivity contribution in [3.05, 3.63) is 0 Å². The number of nitrogens with one attached hydrogen (secondary N) is 2. The van der Waals surface area contributed by atoms with Gasteiger partial charge in [0.15, 0.2) is 24.4 Å². The Morgan fingerprint density at radius 3 is 1.16 bits per heavy atom. The fourth-order valence-electron chi connectivity index (χ4n) is 5.87. The number of rotatable bonds is 14. The standard InChI is InChI=1S/2C15H22N2O7.Fm/c2*1-7(2)6-8(16-12(18)10-11(24-10)15(22)23)13(19)17-5-3-4-9(17)14(20)21;/h2*7-11H,3-6H2,1-2H3,(H,16,18)(H,20,21)(H,22,23);. The summed E-state index contributed by atoms with van der Waals surface area (Å²) in [5, 5.41) is 41.0. The van der Waals surface area contributed by atoms with Crippen molar-refractivity contribution in [1.82, 2.24) is 20.4 Å². The van der Waals surface area contributed by atoms with Gasteiger partial charge in [0.05, 0.1) is 0 Å². The third kappa shape index (κ3) is 10.3. The van der Waals surface area contributed by atoms with Crippen molar-refractivity contribution in [1.29, 1.82) is 0 Å². The van der Waals surface area contributed by atoms with Gasteiger partial charge in [-0.1, -0.05) is 27.7 Å². The maximum Gasteiger partial charge on any atom is 0.336 e. The molecule has 0 bridgehead atoms. The van der Waals surface area contributed by atoms with Gasteiger partial charge in [-0.2, -0.15) is 0 Å². The minimum absolute atomic E-state index is 0. The maximum absolute atomic E-state index is 12.7. The van der Waals surface area contributed by atoms with E-state index in [1.807, 2.05) is 27.7 Å². The second-order valence-electron chi connectivity index (χ2n) is 13.1. The van der Waals surface area contributed by atoms with Crippen molar-refractivity contribution in [3.8, 4) is 0 Å². The molecule has 4 fully saturated rings. The molecule has 4 heterocycles. The van der Waals surface area contributed by atoms with Gasteiger partial charge in [0, 0.05) is 13.1 Å². The number of amides is 4. The Morgan fingerprint density at radius 1 is 0.592 bits per heavy atom. The molecular formula is C30H44FmN4O14. The fourth-order valence-corrected chi connectivity index (χ4v) is 5.87. The van der Waals surface area contributed by atoms with E-state index in [2.05, 4.69) is 10.6 Å². The van der Waals surface area contributed by atoms with Gasteiger partial charge in [0.2, 0.25) is 11.8 Å². The summed E-state index contributed by atoms with van der Waals surface area (Å²) in [6.45, 7) is 8.16. The monoisotopic (exact) mass is 941 g/mol. The molecule has 19 heteroatoms. The van der Waals surface area contributed by atoms with Crippen LogP contribution in [0, 0.1) is 11.8 Å². The molecule has 280 valence electrons. The van der Waals surface area contributed by atoms with Crippen molar-refractivity contribution in [2.45, 2.75) is 115 Å². The van der Waals surface area contributed by atoms with Crippen LogP contribution in [0.5, 0.6) is 0 Å². The molecule has 0 aliphatic carbocycles. The maximum atomic E-state index is 12.7. The molecule has 8 atom stereocenters. The number of epoxide rings is 2. The molecule has 4 rings (SSSR count). The van der Waals surface area contributed by atoms with Crippen LogP contribution in [0.1, 0.15) is 66.2 Å². The summed E-state index contributed by atoms with van der Waals surface area (Å²) in [4.78, 5) is 96.1. The molecule has 49 heavy (non-hydrogen) atoms. The first-order valence-corrected chi connectivity index (χ1v) is 15.9. The normalized spacial score (nSPS) is 26.4. The van der Waals surface area contributed by atoms with Gasteiger partial charge in [-0.25, -0.2) is 19.2 Å². The summed E-state index contributed by atoms with van der Waals surface area (Å²) < 4.78 is 9.56. The number of hydrogen-bond acceptors (Lipinski definition) is 10. The first-order valence-electron chi connectivity index (χ1n) is 15.9. The van der Waals surface area contributed by atoms with Gasteiger partial charge in [0.1, 0.15) is 24.2 Å². The Kier molecular flexibility index (Phi) is 13.6. The number of carboxylic acid groups (broad SMARTS) is 4. The van der Waals surface area contributed by atoms with E-state index in [4.69, 9.17) is 19.7 Å². The molecule has 6 N–H and O–H groups in total. The Labute approximate surface area is 276 Å². The third-order valence-electron chi connectivity index (χ3n) is 8.27. The number of aliphatic carboxylic acids is 4. The summed E-state index contributed by atoms with van der Waals surface area (Å²) in [5.74, 6) is -6.64. The van der Waals surface area contributed by atoms with Gasteiger partial charge in [-0.15, -0.1) is 0 Å². The van der Waals surface area contributed by atoms with Crippen molar-refractivity contribution in [2.24, 2.45) is 11.8 Å². The van der Waals surface area contributed by atoms with Gasteiger partial charge in [0.25, 0.3) is 11.8 Å². The van der Waals surface area contributed by atoms with Crippen LogP contribution in [0.2, 0.25) is 0 Å². The summed E-state index contributed by atoms with van der Waals surface area (Å²) in [6, 6.07) is -3.55. The number of nitrogens with zero attached hydrogens (tertiary/aromatic N) is 2. The zero-order valence-corrected chi connectivity index (χ0v) is 29.9. The molecular weight excluding hydrogens is 897 g/mol. The van der Waals surface area contributed by atoms with Gasteiger partial charge >= 0.3 is 23.9 Å². The summed E-state index contributed by atoms with van der Waals surface area (Å²) in [6.07, 6.45) is -1.94. The predicted octanol–water partition coefficient (Wildman–Crippen LogP) is -1.11. The second-order valence-corrected chi connectivity index (χ2v) is 13.1. The van der Waals surface area contributed by atoms with E-state index in [0.29, 0.717) is 51.6 Å². The summed E-state index contributed by atoms with van der Waals surface area (Å²) >= 11 is 0. The van der Waals surface area contributed by atoms with Crippen molar-refractivity contribution in [3.63, 3.8) is 0 Å². The second kappa shape index (κ2) is 16.7. The Morgan fingerprint density at radius 2 is 0.918 bits per heavy atom. The van der Waals surface area contributed by atoms with Crippen LogP contribution in [0.15, 0.2) is 0 Å². The fraction of sp³-hybridized carbons (Fsp3) is 0.733. The SMILES string of the molecule is CC(C)CC(NC(=O)C1OC1C(=O)O)C(=O)N1CCCC1C(=O)O.CC(C)CC(NC(=O)C1OC1C(=O)O)C(=O)N1CCCC1C(=O)O.[Fm]. The topological polar surface area (TPSA) is 273 Å². The average Bonchev–Trinajstić information content (AvgIpc) is 3.87. The molecule has 4 saturated heterocycles. The van der Waals surface area contributed by atoms with Crippen molar-refractivity contribution >= 4 is 47.5 Å². The zero-order valence-electron chi connectivity index (χ0n) is 27.5. The minimum Gasteiger partial charge on any atom is -0.480 e. The van der Waals surface area contributed by atoms with Crippen molar-refractivity contribution < 1.29 is 68.3 Å². The number of likely N-dealkylation sites (tertiary alicyclic amines) is 2. The van der Waals surface area contributed by atoms with E-state index < -0.39 is 96.1 Å². The first kappa shape index (κ1) is 39.9. The number of hydrogen-bond donors (Lipinski definition) is 6. The zero-order chi connectivity index (χ0) is 36.0. The van der Waals surface area contributed by atoms with E-state index in [1.54, 1.807) is 0 Å². The van der Waals surface area contributed by atoms with Crippen LogP contribution < -0.4 is 10.6 Å². The van der Waals surface area contributed by atoms with Crippen molar-refractivity contribution in [2.75, 3.05) is 13.1 Å². The molecule has 0 radical (unpaired) electrons. The van der Waals surface area contributed by atoms with E-state index >= 15 is 0 Å². The Balaban J connectivity index is 0.000000333. The summed E-state index contributed by atoms with van der Waals surface area (Å²) in [7, 11) is 0. The Hall–Kier alpha value is -5.32. The number of carboxylic acids is 4.